The molecule has 0 spiro atoms. The van der Waals surface area contributed by atoms with E-state index in [1.807, 2.05) is 12.1 Å². The Balaban J connectivity index is 1.63. The largest absolute Gasteiger partial charge is 0.497 e. The van der Waals surface area contributed by atoms with Crippen molar-refractivity contribution in [1.82, 2.24) is 14.9 Å². The fourth-order valence-corrected chi connectivity index (χ4v) is 3.36. The lowest BCUT2D eigenvalue weighted by Gasteiger charge is -2.10. The van der Waals surface area contributed by atoms with Crippen molar-refractivity contribution in [2.45, 2.75) is 12.7 Å². The summed E-state index contributed by atoms with van der Waals surface area (Å²) in [5.41, 5.74) is 0.361. The number of hydrogen-bond acceptors (Lipinski definition) is 3. The summed E-state index contributed by atoms with van der Waals surface area (Å²) in [6, 6.07) is 15.9. The number of amides is 1. The van der Waals surface area contributed by atoms with Gasteiger partial charge in [0, 0.05) is 18.0 Å². The molecule has 32 heavy (non-hydrogen) atoms. The maximum absolute atomic E-state index is 12.9. The number of alkyl halides is 3. The van der Waals surface area contributed by atoms with Gasteiger partial charge in [0.05, 0.1) is 18.4 Å². The van der Waals surface area contributed by atoms with Crippen LogP contribution in [0, 0.1) is 0 Å². The number of carbonyl (C=O) groups excluding carboxylic acids is 1. The number of pyridine rings is 1. The van der Waals surface area contributed by atoms with E-state index < -0.39 is 23.2 Å². The van der Waals surface area contributed by atoms with Crippen LogP contribution in [0.15, 0.2) is 71.5 Å². The lowest BCUT2D eigenvalue weighted by molar-refractivity contribution is -0.137. The van der Waals surface area contributed by atoms with E-state index in [2.05, 4.69) is 10.3 Å². The number of carbonyl (C=O) groups is 1. The number of rotatable bonds is 5. The molecule has 2 aromatic heterocycles. The third kappa shape index (κ3) is 4.22. The summed E-state index contributed by atoms with van der Waals surface area (Å²) in [6.45, 7) is 0.261. The minimum absolute atomic E-state index is 0.217. The van der Waals surface area contributed by atoms with Gasteiger partial charge in [0.15, 0.2) is 0 Å². The monoisotopic (exact) mass is 441 g/mol. The van der Waals surface area contributed by atoms with Gasteiger partial charge in [-0.2, -0.15) is 13.2 Å². The van der Waals surface area contributed by atoms with Gasteiger partial charge in [0.1, 0.15) is 17.1 Å². The van der Waals surface area contributed by atoms with Gasteiger partial charge < -0.3 is 15.0 Å². The Bertz CT molecular complexity index is 1340. The van der Waals surface area contributed by atoms with Crippen LogP contribution in [-0.4, -0.2) is 22.6 Å². The molecular formula is C23H18F3N3O3. The Kier molecular flexibility index (Phi) is 5.48. The molecule has 2 heterocycles. The number of nitrogens with one attached hydrogen (secondary N) is 2. The van der Waals surface area contributed by atoms with Crippen molar-refractivity contribution >= 4 is 16.9 Å². The van der Waals surface area contributed by atoms with E-state index in [-0.39, 0.29) is 17.9 Å². The zero-order chi connectivity index (χ0) is 22.9. The first-order valence-electron chi connectivity index (χ1n) is 9.60. The van der Waals surface area contributed by atoms with Crippen molar-refractivity contribution in [3.8, 4) is 11.4 Å². The summed E-state index contributed by atoms with van der Waals surface area (Å²) in [5.74, 6) is 0.276. The fraction of sp³-hybridized carbons (Fsp3) is 0.130. The van der Waals surface area contributed by atoms with Crippen LogP contribution in [0.4, 0.5) is 13.2 Å². The van der Waals surface area contributed by atoms with Gasteiger partial charge in [-0.1, -0.05) is 12.1 Å². The summed E-state index contributed by atoms with van der Waals surface area (Å²) in [4.78, 5) is 28.0. The highest BCUT2D eigenvalue weighted by molar-refractivity contribution is 5.97. The molecule has 2 N–H and O–H groups in total. The van der Waals surface area contributed by atoms with Gasteiger partial charge in [-0.15, -0.1) is 0 Å². The predicted molar refractivity (Wildman–Crippen MR) is 113 cm³/mol. The van der Waals surface area contributed by atoms with Crippen molar-refractivity contribution in [1.29, 1.82) is 0 Å². The number of aromatic nitrogens is 2. The Morgan fingerprint density at radius 1 is 1.06 bits per heavy atom. The van der Waals surface area contributed by atoms with Crippen LogP contribution in [0.25, 0.3) is 16.7 Å². The van der Waals surface area contributed by atoms with Gasteiger partial charge in [0.25, 0.3) is 11.5 Å². The fourth-order valence-electron chi connectivity index (χ4n) is 3.36. The lowest BCUT2D eigenvalue weighted by atomic mass is 10.2. The average Bonchev–Trinajstić information content (AvgIpc) is 3.21. The van der Waals surface area contributed by atoms with Gasteiger partial charge in [-0.25, -0.2) is 0 Å². The average molecular weight is 441 g/mol. The summed E-state index contributed by atoms with van der Waals surface area (Å²) in [6.07, 6.45) is -4.48. The van der Waals surface area contributed by atoms with Crippen molar-refractivity contribution in [2.75, 3.05) is 7.11 Å². The highest BCUT2D eigenvalue weighted by Crippen LogP contribution is 2.30. The second-order valence-corrected chi connectivity index (χ2v) is 7.07. The summed E-state index contributed by atoms with van der Waals surface area (Å²) >= 11 is 0. The van der Waals surface area contributed by atoms with Crippen molar-refractivity contribution in [3.05, 3.63) is 93.9 Å². The number of benzene rings is 2. The molecule has 0 fully saturated rings. The molecular weight excluding hydrogens is 423 g/mol. The molecule has 0 aliphatic heterocycles. The zero-order valence-electron chi connectivity index (χ0n) is 16.9. The summed E-state index contributed by atoms with van der Waals surface area (Å²) in [7, 11) is 1.55. The molecule has 0 radical (unpaired) electrons. The maximum Gasteiger partial charge on any atom is 0.416 e. The zero-order valence-corrected chi connectivity index (χ0v) is 16.9. The molecule has 0 atom stereocenters. The molecule has 4 rings (SSSR count). The van der Waals surface area contributed by atoms with Gasteiger partial charge in [0.2, 0.25) is 0 Å². The van der Waals surface area contributed by atoms with Crippen LogP contribution in [0.2, 0.25) is 0 Å². The topological polar surface area (TPSA) is 76.1 Å². The van der Waals surface area contributed by atoms with Crippen molar-refractivity contribution in [2.24, 2.45) is 0 Å². The number of aromatic amines is 1. The van der Waals surface area contributed by atoms with Gasteiger partial charge in [-0.05, 0) is 54.1 Å². The number of halogens is 3. The molecule has 6 nitrogen and oxygen atoms in total. The number of hydrogen-bond donors (Lipinski definition) is 2. The molecule has 0 unspecified atom stereocenters. The Labute approximate surface area is 180 Å². The highest BCUT2D eigenvalue weighted by atomic mass is 19.4. The minimum Gasteiger partial charge on any atom is -0.497 e. The van der Waals surface area contributed by atoms with Crippen LogP contribution in [-0.2, 0) is 12.7 Å². The number of fused-ring (bicyclic) bond motifs is 1. The molecule has 0 aliphatic carbocycles. The Morgan fingerprint density at radius 3 is 2.50 bits per heavy atom. The normalized spacial score (nSPS) is 11.5. The second-order valence-electron chi connectivity index (χ2n) is 7.07. The van der Waals surface area contributed by atoms with Gasteiger partial charge >= 0.3 is 6.18 Å². The molecule has 164 valence electrons. The van der Waals surface area contributed by atoms with E-state index >= 15 is 0 Å². The standard InChI is InChI=1S/C23H18F3N3O3/c1-32-18-4-2-3-14(11-18)13-27-22(31)19-12-15-5-10-20(30)29(21(15)28-19)17-8-6-16(7-9-17)23(24,25)26/h2-12,28H,13H2,1H3,(H,27,31). The SMILES string of the molecule is COc1cccc(CNC(=O)c2cc3ccc(=O)n(-c4ccc(C(F)(F)F)cc4)c3[nH]2)c1. The smallest absolute Gasteiger partial charge is 0.416 e. The Morgan fingerprint density at radius 2 is 1.81 bits per heavy atom. The van der Waals surface area contributed by atoms with Crippen LogP contribution < -0.4 is 15.6 Å². The third-order valence-electron chi connectivity index (χ3n) is 4.96. The van der Waals surface area contributed by atoms with Crippen molar-refractivity contribution in [3.63, 3.8) is 0 Å². The van der Waals surface area contributed by atoms with E-state index in [1.165, 1.54) is 22.8 Å². The number of methoxy groups -OCH3 is 1. The van der Waals surface area contributed by atoms with Crippen LogP contribution in [0.1, 0.15) is 21.6 Å². The highest BCUT2D eigenvalue weighted by Gasteiger charge is 2.30. The Hall–Kier alpha value is -4.01. The van der Waals surface area contributed by atoms with E-state index in [4.69, 9.17) is 4.74 Å². The number of H-pyrrole nitrogens is 1. The van der Waals surface area contributed by atoms with Crippen LogP contribution in [0.3, 0.4) is 0 Å². The first kappa shape index (κ1) is 21.2. The molecule has 4 aromatic rings. The van der Waals surface area contributed by atoms with Crippen LogP contribution >= 0.6 is 0 Å². The number of ether oxygens (including phenoxy) is 1. The molecule has 0 saturated carbocycles. The van der Waals surface area contributed by atoms with E-state index in [0.29, 0.717) is 16.8 Å². The third-order valence-corrected chi connectivity index (χ3v) is 4.96. The quantitative estimate of drug-likeness (QED) is 0.486. The number of nitrogens with zero attached hydrogens (tertiary/aromatic N) is 1. The maximum atomic E-state index is 12.9. The van der Waals surface area contributed by atoms with Crippen LogP contribution in [0.5, 0.6) is 5.75 Å². The molecule has 0 saturated heterocycles. The van der Waals surface area contributed by atoms with E-state index in [1.54, 1.807) is 31.4 Å². The molecule has 1 amide bonds. The van der Waals surface area contributed by atoms with Gasteiger partial charge in [-0.3, -0.25) is 14.2 Å². The summed E-state index contributed by atoms with van der Waals surface area (Å²) < 4.78 is 45.0. The van der Waals surface area contributed by atoms with E-state index in [0.717, 1.165) is 17.7 Å². The summed E-state index contributed by atoms with van der Waals surface area (Å²) in [5, 5.41) is 3.35. The molecule has 0 aliphatic rings. The minimum atomic E-state index is -4.48. The van der Waals surface area contributed by atoms with E-state index in [9.17, 15) is 22.8 Å². The predicted octanol–water partition coefficient (Wildman–Crippen LogP) is 4.28. The lowest BCUT2D eigenvalue weighted by Crippen LogP contribution is -2.23. The molecule has 9 heteroatoms. The molecule has 0 bridgehead atoms. The second kappa shape index (κ2) is 8.26. The first-order chi connectivity index (χ1) is 15.3. The molecule has 2 aromatic carbocycles. The first-order valence-corrected chi connectivity index (χ1v) is 9.60. The van der Waals surface area contributed by atoms with Crippen molar-refractivity contribution < 1.29 is 22.7 Å².